The smallest absolute Gasteiger partial charge is 0.289 e. The second kappa shape index (κ2) is 8.01. The minimum atomic E-state index is -4.05. The van der Waals surface area contributed by atoms with Gasteiger partial charge in [-0.3, -0.25) is 19.7 Å². The summed E-state index contributed by atoms with van der Waals surface area (Å²) >= 11 is 0. The van der Waals surface area contributed by atoms with E-state index in [1.807, 2.05) is 0 Å². The number of nitro benzene ring substituents is 1. The van der Waals surface area contributed by atoms with Crippen LogP contribution in [0.15, 0.2) is 29.2 Å². The molecule has 0 spiro atoms. The normalized spacial score (nSPS) is 33.0. The van der Waals surface area contributed by atoms with E-state index in [1.54, 1.807) is 4.90 Å². The van der Waals surface area contributed by atoms with Gasteiger partial charge in [0, 0.05) is 44.7 Å². The van der Waals surface area contributed by atoms with Gasteiger partial charge in [-0.15, -0.1) is 0 Å². The minimum Gasteiger partial charge on any atom is -0.351 e. The lowest BCUT2D eigenvalue weighted by atomic mass is 9.46. The van der Waals surface area contributed by atoms with Gasteiger partial charge in [-0.1, -0.05) is 12.1 Å². The fourth-order valence-electron chi connectivity index (χ4n) is 7.46. The lowest BCUT2D eigenvalue weighted by Crippen LogP contribution is -2.66. The monoisotopic (exact) mass is 490 g/mol. The van der Waals surface area contributed by atoms with E-state index < -0.39 is 26.0 Å². The molecule has 34 heavy (non-hydrogen) atoms. The van der Waals surface area contributed by atoms with E-state index in [0.717, 1.165) is 32.1 Å². The van der Waals surface area contributed by atoms with Gasteiger partial charge in [-0.25, -0.2) is 8.42 Å². The van der Waals surface area contributed by atoms with Gasteiger partial charge in [-0.05, 0) is 56.4 Å². The number of nitrogens with zero attached hydrogens (tertiary/aromatic N) is 3. The number of nitrogens with one attached hydrogen (secondary N) is 1. The third-order valence-corrected chi connectivity index (χ3v) is 10.1. The molecule has 11 heteroatoms. The molecule has 5 fully saturated rings. The van der Waals surface area contributed by atoms with Crippen molar-refractivity contribution in [3.8, 4) is 0 Å². The molecule has 0 unspecified atom stereocenters. The lowest BCUT2D eigenvalue weighted by molar-refractivity contribution is -0.387. The molecule has 2 atom stereocenters. The SMILES string of the molecule is CC(=O)NC12C[C@H]3C[C@H](C1)CC(C(=O)N1CCN(S(=O)(=O)c4ccccc4[N+](=O)[O-])CC1)(C3)C2. The molecule has 1 aromatic rings. The average Bonchev–Trinajstić information content (AvgIpc) is 2.77. The number of sulfonamides is 1. The highest BCUT2D eigenvalue weighted by atomic mass is 32.2. The van der Waals surface area contributed by atoms with Crippen LogP contribution in [0.3, 0.4) is 0 Å². The second-order valence-electron chi connectivity index (χ2n) is 10.6. The van der Waals surface area contributed by atoms with Crippen molar-refractivity contribution < 1.29 is 22.9 Å². The molecule has 4 bridgehead atoms. The van der Waals surface area contributed by atoms with Gasteiger partial charge < -0.3 is 10.2 Å². The molecule has 10 nitrogen and oxygen atoms in total. The van der Waals surface area contributed by atoms with Gasteiger partial charge in [0.2, 0.25) is 21.8 Å². The molecule has 0 radical (unpaired) electrons. The Morgan fingerprint density at radius 2 is 1.68 bits per heavy atom. The summed E-state index contributed by atoms with van der Waals surface area (Å²) in [6.07, 6.45) is 5.29. The van der Waals surface area contributed by atoms with Gasteiger partial charge >= 0.3 is 0 Å². The predicted molar refractivity (Wildman–Crippen MR) is 122 cm³/mol. The first-order valence-corrected chi connectivity index (χ1v) is 13.3. The van der Waals surface area contributed by atoms with Crippen LogP contribution in [0.4, 0.5) is 5.69 Å². The number of hydrogen-bond donors (Lipinski definition) is 1. The fourth-order valence-corrected chi connectivity index (χ4v) is 9.04. The van der Waals surface area contributed by atoms with Crippen LogP contribution in [0.2, 0.25) is 0 Å². The Bertz CT molecular complexity index is 1130. The van der Waals surface area contributed by atoms with Crippen molar-refractivity contribution in [3.05, 3.63) is 34.4 Å². The summed E-state index contributed by atoms with van der Waals surface area (Å²) in [6, 6.07) is 5.34. The largest absolute Gasteiger partial charge is 0.351 e. The topological polar surface area (TPSA) is 130 Å². The number of piperazine rings is 1. The maximum Gasteiger partial charge on any atom is 0.289 e. The number of rotatable bonds is 5. The first kappa shape index (κ1) is 23.2. The van der Waals surface area contributed by atoms with Crippen LogP contribution in [-0.4, -0.2) is 66.1 Å². The quantitative estimate of drug-likeness (QED) is 0.496. The number of benzene rings is 1. The Balaban J connectivity index is 1.31. The highest BCUT2D eigenvalue weighted by molar-refractivity contribution is 7.89. The third kappa shape index (κ3) is 3.78. The minimum absolute atomic E-state index is 0.0571. The van der Waals surface area contributed by atoms with Crippen molar-refractivity contribution in [1.82, 2.24) is 14.5 Å². The van der Waals surface area contributed by atoms with E-state index in [2.05, 4.69) is 5.32 Å². The standard InChI is InChI=1S/C23H30N4O6S/c1-16(28)24-23-13-17-10-18(14-23)12-22(11-17,15-23)21(29)25-6-8-26(9-7-25)34(32,33)20-5-3-2-4-19(20)27(30)31/h2-5,17-18H,6-15H2,1H3,(H,24,28)/t17-,18-,22?,23?/m0/s1. The molecule has 4 saturated carbocycles. The summed E-state index contributed by atoms with van der Waals surface area (Å²) in [7, 11) is -4.05. The van der Waals surface area contributed by atoms with Crippen molar-refractivity contribution in [2.24, 2.45) is 17.3 Å². The molecule has 184 valence electrons. The highest BCUT2D eigenvalue weighted by Crippen LogP contribution is 2.62. The zero-order valence-electron chi connectivity index (χ0n) is 19.2. The van der Waals surface area contributed by atoms with E-state index in [9.17, 15) is 28.1 Å². The first-order chi connectivity index (χ1) is 16.0. The number of carbonyl (C=O) groups is 2. The number of nitro groups is 1. The van der Waals surface area contributed by atoms with Crippen molar-refractivity contribution >= 4 is 27.5 Å². The molecule has 1 aromatic carbocycles. The summed E-state index contributed by atoms with van der Waals surface area (Å²) in [5, 5.41) is 14.5. The van der Waals surface area contributed by atoms with E-state index in [1.165, 1.54) is 35.5 Å². The van der Waals surface area contributed by atoms with Gasteiger partial charge in [0.15, 0.2) is 4.90 Å². The number of carbonyl (C=O) groups excluding carboxylic acids is 2. The Kier molecular flexibility index (Phi) is 5.47. The van der Waals surface area contributed by atoms with Gasteiger partial charge in [-0.2, -0.15) is 4.31 Å². The fraction of sp³-hybridized carbons (Fsp3) is 0.652. The molecule has 2 amide bonds. The Morgan fingerprint density at radius 1 is 1.06 bits per heavy atom. The van der Waals surface area contributed by atoms with E-state index in [4.69, 9.17) is 0 Å². The summed E-state index contributed by atoms with van der Waals surface area (Å²) in [5.41, 5.74) is -1.24. The van der Waals surface area contributed by atoms with Crippen molar-refractivity contribution in [2.45, 2.75) is 55.9 Å². The van der Waals surface area contributed by atoms with Crippen LogP contribution >= 0.6 is 0 Å². The lowest BCUT2D eigenvalue weighted by Gasteiger charge is -2.62. The van der Waals surface area contributed by atoms with E-state index >= 15 is 0 Å². The van der Waals surface area contributed by atoms with E-state index in [0.29, 0.717) is 18.3 Å². The zero-order chi connectivity index (χ0) is 24.3. The molecule has 1 aliphatic heterocycles. The average molecular weight is 491 g/mol. The highest BCUT2D eigenvalue weighted by Gasteiger charge is 2.61. The molecule has 1 heterocycles. The van der Waals surface area contributed by atoms with Crippen LogP contribution in [-0.2, 0) is 19.6 Å². The van der Waals surface area contributed by atoms with Crippen molar-refractivity contribution in [2.75, 3.05) is 26.2 Å². The Hall–Kier alpha value is -2.53. The Morgan fingerprint density at radius 3 is 2.26 bits per heavy atom. The van der Waals surface area contributed by atoms with Crippen LogP contribution in [0.1, 0.15) is 45.4 Å². The third-order valence-electron chi connectivity index (χ3n) is 8.16. The summed E-state index contributed by atoms with van der Waals surface area (Å²) in [6.45, 7) is 2.23. The molecule has 6 rings (SSSR count). The van der Waals surface area contributed by atoms with Crippen LogP contribution in [0.25, 0.3) is 0 Å². The number of hydrogen-bond acceptors (Lipinski definition) is 6. The molecule has 0 aromatic heterocycles. The maximum atomic E-state index is 13.8. The molecule has 1 N–H and O–H groups in total. The number of para-hydroxylation sites is 1. The molecule has 4 aliphatic carbocycles. The van der Waals surface area contributed by atoms with Crippen LogP contribution < -0.4 is 5.32 Å². The van der Waals surface area contributed by atoms with Crippen molar-refractivity contribution in [3.63, 3.8) is 0 Å². The van der Waals surface area contributed by atoms with Gasteiger partial charge in [0.1, 0.15) is 0 Å². The maximum absolute atomic E-state index is 13.8. The van der Waals surface area contributed by atoms with Crippen LogP contribution in [0.5, 0.6) is 0 Å². The van der Waals surface area contributed by atoms with Gasteiger partial charge in [0.05, 0.1) is 10.3 Å². The Labute approximate surface area is 198 Å². The molecule has 1 saturated heterocycles. The molecular formula is C23H30N4O6S. The molecular weight excluding hydrogens is 460 g/mol. The van der Waals surface area contributed by atoms with Gasteiger partial charge in [0.25, 0.3) is 5.69 Å². The zero-order valence-corrected chi connectivity index (χ0v) is 20.1. The summed E-state index contributed by atoms with van der Waals surface area (Å²) < 4.78 is 27.5. The second-order valence-corrected chi connectivity index (χ2v) is 12.5. The summed E-state index contributed by atoms with van der Waals surface area (Å²) in [5.74, 6) is 0.868. The first-order valence-electron chi connectivity index (χ1n) is 11.9. The van der Waals surface area contributed by atoms with E-state index in [-0.39, 0.29) is 48.4 Å². The van der Waals surface area contributed by atoms with Crippen LogP contribution in [0, 0.1) is 27.4 Å². The van der Waals surface area contributed by atoms with Crippen molar-refractivity contribution in [1.29, 1.82) is 0 Å². The summed E-state index contributed by atoms with van der Waals surface area (Å²) in [4.78, 5) is 37.8. The number of amides is 2. The predicted octanol–water partition coefficient (Wildman–Crippen LogP) is 1.90. The molecule has 5 aliphatic rings.